The van der Waals surface area contributed by atoms with E-state index in [2.05, 4.69) is 6.07 Å². The van der Waals surface area contributed by atoms with E-state index in [-0.39, 0.29) is 0 Å². The SMILES string of the molecule is N#Cc1cccc(OCCCOCC2CCCCC2)c1. The Hall–Kier alpha value is -1.53. The lowest BCUT2D eigenvalue weighted by molar-refractivity contribution is 0.0766. The van der Waals surface area contributed by atoms with Crippen LogP contribution in [0.25, 0.3) is 0 Å². The van der Waals surface area contributed by atoms with Crippen LogP contribution in [-0.4, -0.2) is 19.8 Å². The molecule has 1 aliphatic carbocycles. The number of nitriles is 1. The molecule has 2 rings (SSSR count). The summed E-state index contributed by atoms with van der Waals surface area (Å²) in [4.78, 5) is 0. The summed E-state index contributed by atoms with van der Waals surface area (Å²) in [5.41, 5.74) is 0.635. The van der Waals surface area contributed by atoms with Crippen LogP contribution in [0.15, 0.2) is 24.3 Å². The summed E-state index contributed by atoms with van der Waals surface area (Å²) < 4.78 is 11.3. The largest absolute Gasteiger partial charge is 0.493 e. The Kier molecular flexibility index (Phi) is 6.40. The number of hydrogen-bond donors (Lipinski definition) is 0. The maximum Gasteiger partial charge on any atom is 0.120 e. The van der Waals surface area contributed by atoms with Crippen LogP contribution in [0.1, 0.15) is 44.1 Å². The van der Waals surface area contributed by atoms with E-state index in [4.69, 9.17) is 14.7 Å². The fourth-order valence-corrected chi connectivity index (χ4v) is 2.61. The van der Waals surface area contributed by atoms with Gasteiger partial charge in [-0.2, -0.15) is 5.26 Å². The maximum absolute atomic E-state index is 8.80. The fourth-order valence-electron chi connectivity index (χ4n) is 2.61. The standard InChI is InChI=1S/C17H23NO2/c18-13-16-8-4-9-17(12-16)20-11-5-10-19-14-15-6-2-1-3-7-15/h4,8-9,12,15H,1-3,5-7,10-11,14H2. The Morgan fingerprint density at radius 3 is 2.80 bits per heavy atom. The Bertz CT molecular complexity index is 433. The first kappa shape index (κ1) is 14.9. The van der Waals surface area contributed by atoms with Crippen molar-refractivity contribution in [1.82, 2.24) is 0 Å². The third-order valence-electron chi connectivity index (χ3n) is 3.74. The van der Waals surface area contributed by atoms with Crippen molar-refractivity contribution in [2.24, 2.45) is 5.92 Å². The minimum atomic E-state index is 0.635. The smallest absolute Gasteiger partial charge is 0.120 e. The number of benzene rings is 1. The maximum atomic E-state index is 8.80. The minimum Gasteiger partial charge on any atom is -0.493 e. The van der Waals surface area contributed by atoms with Crippen molar-refractivity contribution in [2.45, 2.75) is 38.5 Å². The zero-order valence-corrected chi connectivity index (χ0v) is 12.0. The molecule has 0 heterocycles. The van der Waals surface area contributed by atoms with Crippen molar-refractivity contribution < 1.29 is 9.47 Å². The molecule has 0 radical (unpaired) electrons. The third kappa shape index (κ3) is 5.22. The lowest BCUT2D eigenvalue weighted by Gasteiger charge is -2.21. The van der Waals surface area contributed by atoms with Gasteiger partial charge in [-0.3, -0.25) is 0 Å². The number of rotatable bonds is 7. The molecule has 0 amide bonds. The van der Waals surface area contributed by atoms with Crippen LogP contribution >= 0.6 is 0 Å². The average molecular weight is 273 g/mol. The van der Waals surface area contributed by atoms with Gasteiger partial charge in [0.05, 0.1) is 18.2 Å². The average Bonchev–Trinajstić information content (AvgIpc) is 2.52. The molecule has 3 nitrogen and oxygen atoms in total. The van der Waals surface area contributed by atoms with E-state index in [9.17, 15) is 0 Å². The van der Waals surface area contributed by atoms with Gasteiger partial charge in [0.25, 0.3) is 0 Å². The van der Waals surface area contributed by atoms with E-state index in [1.54, 1.807) is 12.1 Å². The summed E-state index contributed by atoms with van der Waals surface area (Å²) in [5, 5.41) is 8.80. The Morgan fingerprint density at radius 2 is 2.00 bits per heavy atom. The number of ether oxygens (including phenoxy) is 2. The molecule has 0 spiro atoms. The van der Waals surface area contributed by atoms with E-state index in [0.717, 1.165) is 31.3 Å². The second-order valence-corrected chi connectivity index (χ2v) is 5.42. The van der Waals surface area contributed by atoms with E-state index in [0.29, 0.717) is 12.2 Å². The summed E-state index contributed by atoms with van der Waals surface area (Å²) in [6.45, 7) is 2.30. The zero-order valence-electron chi connectivity index (χ0n) is 12.0. The highest BCUT2D eigenvalue weighted by Crippen LogP contribution is 2.23. The summed E-state index contributed by atoms with van der Waals surface area (Å²) in [5.74, 6) is 1.54. The van der Waals surface area contributed by atoms with E-state index < -0.39 is 0 Å². The molecule has 0 atom stereocenters. The Morgan fingerprint density at radius 1 is 1.15 bits per heavy atom. The van der Waals surface area contributed by atoms with Gasteiger partial charge in [-0.1, -0.05) is 25.3 Å². The first-order valence-electron chi connectivity index (χ1n) is 7.59. The predicted octanol–water partition coefficient (Wildman–Crippen LogP) is 3.92. The minimum absolute atomic E-state index is 0.635. The molecule has 1 aromatic carbocycles. The summed E-state index contributed by atoms with van der Waals surface area (Å²) in [6.07, 6.45) is 7.68. The van der Waals surface area contributed by atoms with E-state index >= 15 is 0 Å². The lowest BCUT2D eigenvalue weighted by Crippen LogP contribution is -2.14. The first-order chi connectivity index (χ1) is 9.88. The second-order valence-electron chi connectivity index (χ2n) is 5.42. The van der Waals surface area contributed by atoms with Crippen LogP contribution in [-0.2, 0) is 4.74 Å². The normalized spacial score (nSPS) is 15.8. The number of hydrogen-bond acceptors (Lipinski definition) is 3. The van der Waals surface area contributed by atoms with Crippen molar-refractivity contribution in [3.63, 3.8) is 0 Å². The molecular formula is C17H23NO2. The highest BCUT2D eigenvalue weighted by molar-refractivity contribution is 5.36. The molecule has 3 heteroatoms. The van der Waals surface area contributed by atoms with Gasteiger partial charge in [-0.15, -0.1) is 0 Å². The molecule has 0 bridgehead atoms. The van der Waals surface area contributed by atoms with Crippen LogP contribution in [0, 0.1) is 17.2 Å². The van der Waals surface area contributed by atoms with Crippen LogP contribution in [0.5, 0.6) is 5.75 Å². The van der Waals surface area contributed by atoms with Crippen molar-refractivity contribution in [3.8, 4) is 11.8 Å². The van der Waals surface area contributed by atoms with E-state index in [1.165, 1.54) is 32.1 Å². The summed E-state index contributed by atoms with van der Waals surface area (Å²) >= 11 is 0. The molecule has 1 aliphatic rings. The predicted molar refractivity (Wildman–Crippen MR) is 78.7 cm³/mol. The van der Waals surface area contributed by atoms with Crippen LogP contribution in [0.3, 0.4) is 0 Å². The molecule has 1 saturated carbocycles. The molecule has 0 saturated heterocycles. The molecule has 0 unspecified atom stereocenters. The van der Waals surface area contributed by atoms with E-state index in [1.807, 2.05) is 12.1 Å². The van der Waals surface area contributed by atoms with Gasteiger partial charge in [0.2, 0.25) is 0 Å². The van der Waals surface area contributed by atoms with Crippen LogP contribution < -0.4 is 4.74 Å². The fraction of sp³-hybridized carbons (Fsp3) is 0.588. The summed E-state index contributed by atoms with van der Waals surface area (Å²) in [7, 11) is 0. The second kappa shape index (κ2) is 8.60. The molecule has 0 N–H and O–H groups in total. The first-order valence-corrected chi connectivity index (χ1v) is 7.59. The zero-order chi connectivity index (χ0) is 14.0. The van der Waals surface area contributed by atoms with Gasteiger partial charge < -0.3 is 9.47 Å². The monoisotopic (exact) mass is 273 g/mol. The molecule has 1 aromatic rings. The molecule has 0 aliphatic heterocycles. The molecule has 0 aromatic heterocycles. The molecule has 108 valence electrons. The van der Waals surface area contributed by atoms with Crippen molar-refractivity contribution in [1.29, 1.82) is 5.26 Å². The van der Waals surface area contributed by atoms with Crippen molar-refractivity contribution >= 4 is 0 Å². The molecular weight excluding hydrogens is 250 g/mol. The van der Waals surface area contributed by atoms with Crippen LogP contribution in [0.2, 0.25) is 0 Å². The summed E-state index contributed by atoms with van der Waals surface area (Å²) in [6, 6.07) is 9.37. The quantitative estimate of drug-likeness (QED) is 0.707. The lowest BCUT2D eigenvalue weighted by atomic mass is 9.90. The number of nitrogens with zero attached hydrogens (tertiary/aromatic N) is 1. The van der Waals surface area contributed by atoms with Crippen molar-refractivity contribution in [2.75, 3.05) is 19.8 Å². The van der Waals surface area contributed by atoms with Gasteiger partial charge >= 0.3 is 0 Å². The van der Waals surface area contributed by atoms with Gasteiger partial charge in [-0.05, 0) is 37.0 Å². The molecule has 20 heavy (non-hydrogen) atoms. The van der Waals surface area contributed by atoms with Crippen molar-refractivity contribution in [3.05, 3.63) is 29.8 Å². The molecule has 1 fully saturated rings. The van der Waals surface area contributed by atoms with Gasteiger partial charge in [0, 0.05) is 19.6 Å². The van der Waals surface area contributed by atoms with Crippen LogP contribution in [0.4, 0.5) is 0 Å². The van der Waals surface area contributed by atoms with Gasteiger partial charge in [0.15, 0.2) is 0 Å². The topological polar surface area (TPSA) is 42.2 Å². The highest BCUT2D eigenvalue weighted by Gasteiger charge is 2.12. The third-order valence-corrected chi connectivity index (χ3v) is 3.74. The highest BCUT2D eigenvalue weighted by atomic mass is 16.5. The Labute approximate surface area is 121 Å². The van der Waals surface area contributed by atoms with Gasteiger partial charge in [-0.25, -0.2) is 0 Å². The van der Waals surface area contributed by atoms with Gasteiger partial charge in [0.1, 0.15) is 5.75 Å². The Balaban J connectivity index is 1.54.